The Kier molecular flexibility index (Phi) is 3.47. The van der Waals surface area contributed by atoms with Crippen LogP contribution in [0.3, 0.4) is 0 Å². The fourth-order valence-corrected chi connectivity index (χ4v) is 3.63. The molecule has 0 aromatic carbocycles. The predicted molar refractivity (Wildman–Crippen MR) is 81.6 cm³/mol. The van der Waals surface area contributed by atoms with E-state index in [2.05, 4.69) is 24.6 Å². The number of fused-ring (bicyclic) bond motifs is 1. The summed E-state index contributed by atoms with van der Waals surface area (Å²) >= 11 is 9.35. The van der Waals surface area contributed by atoms with Crippen molar-refractivity contribution in [2.75, 3.05) is 11.9 Å². The first kappa shape index (κ1) is 12.9. The molecule has 0 saturated carbocycles. The summed E-state index contributed by atoms with van der Waals surface area (Å²) in [7, 11) is 2.02. The smallest absolute Gasteiger partial charge is 0.195 e. The highest BCUT2D eigenvalue weighted by Crippen LogP contribution is 2.26. The summed E-state index contributed by atoms with van der Waals surface area (Å²) in [4.78, 5) is 12.2. The molecule has 19 heavy (non-hydrogen) atoms. The van der Waals surface area contributed by atoms with Crippen molar-refractivity contribution < 1.29 is 0 Å². The topological polar surface area (TPSA) is 33.4 Å². The molecule has 3 aromatic rings. The molecule has 4 nitrogen and oxygen atoms in total. The molecular weight excluding hydrogens is 300 g/mol. The fourth-order valence-electron chi connectivity index (χ4n) is 2.05. The summed E-state index contributed by atoms with van der Waals surface area (Å²) in [5.74, 6) is 1.39. The van der Waals surface area contributed by atoms with Crippen molar-refractivity contribution in [3.8, 4) is 0 Å². The molecule has 0 spiro atoms. The first-order chi connectivity index (χ1) is 9.19. The van der Waals surface area contributed by atoms with E-state index in [1.165, 1.54) is 0 Å². The number of halogens is 1. The lowest BCUT2D eigenvalue weighted by molar-refractivity contribution is 0.868. The van der Waals surface area contributed by atoms with Crippen LogP contribution < -0.4 is 4.90 Å². The Hall–Kier alpha value is -1.11. The van der Waals surface area contributed by atoms with Gasteiger partial charge in [-0.15, -0.1) is 34.3 Å². The summed E-state index contributed by atoms with van der Waals surface area (Å²) in [6.07, 6.45) is 2.01. The Morgan fingerprint density at radius 2 is 2.21 bits per heavy atom. The third kappa shape index (κ3) is 2.35. The number of imidazole rings is 1. The molecule has 0 saturated heterocycles. The maximum absolute atomic E-state index is 6.06. The zero-order valence-corrected chi connectivity index (χ0v) is 13.0. The zero-order valence-electron chi connectivity index (χ0n) is 10.6. The number of rotatable bonds is 4. The van der Waals surface area contributed by atoms with Crippen LogP contribution in [0.2, 0.25) is 0 Å². The Labute approximate surface area is 124 Å². The highest BCUT2D eigenvalue weighted by molar-refractivity contribution is 7.15. The molecule has 3 aromatic heterocycles. The van der Waals surface area contributed by atoms with Crippen LogP contribution in [0.5, 0.6) is 0 Å². The average Bonchev–Trinajstić information content (AvgIpc) is 3.03. The van der Waals surface area contributed by atoms with E-state index in [1.54, 1.807) is 22.7 Å². The quantitative estimate of drug-likeness (QED) is 0.691. The Balaban J connectivity index is 1.92. The lowest BCUT2D eigenvalue weighted by atomic mass is 10.4. The van der Waals surface area contributed by atoms with Gasteiger partial charge in [0.1, 0.15) is 0 Å². The molecule has 0 aliphatic heterocycles. The molecule has 0 unspecified atom stereocenters. The van der Waals surface area contributed by atoms with Gasteiger partial charge in [-0.25, -0.2) is 9.97 Å². The van der Waals surface area contributed by atoms with Gasteiger partial charge < -0.3 is 4.90 Å². The van der Waals surface area contributed by atoms with Crippen LogP contribution in [0.25, 0.3) is 4.96 Å². The average molecular weight is 313 g/mol. The van der Waals surface area contributed by atoms with Crippen molar-refractivity contribution in [1.29, 1.82) is 0 Å². The van der Waals surface area contributed by atoms with E-state index in [9.17, 15) is 0 Å². The summed E-state index contributed by atoms with van der Waals surface area (Å²) in [5.41, 5.74) is 2.11. The fraction of sp³-hybridized carbons (Fsp3) is 0.333. The highest BCUT2D eigenvalue weighted by atomic mass is 35.5. The van der Waals surface area contributed by atoms with Gasteiger partial charge in [0.2, 0.25) is 0 Å². The zero-order chi connectivity index (χ0) is 13.4. The van der Waals surface area contributed by atoms with Gasteiger partial charge in [0.05, 0.1) is 28.8 Å². The number of alkyl halides is 1. The number of hydrogen-bond acceptors (Lipinski definition) is 5. The van der Waals surface area contributed by atoms with Gasteiger partial charge in [-0.1, -0.05) is 0 Å². The first-order valence-electron chi connectivity index (χ1n) is 5.81. The van der Waals surface area contributed by atoms with Crippen LogP contribution in [0.4, 0.5) is 5.82 Å². The highest BCUT2D eigenvalue weighted by Gasteiger charge is 2.16. The van der Waals surface area contributed by atoms with Crippen LogP contribution >= 0.6 is 34.3 Å². The van der Waals surface area contributed by atoms with E-state index in [1.807, 2.05) is 25.5 Å². The molecule has 0 aliphatic rings. The van der Waals surface area contributed by atoms with Gasteiger partial charge in [-0.2, -0.15) is 0 Å². The lowest BCUT2D eigenvalue weighted by Crippen LogP contribution is -2.18. The summed E-state index contributed by atoms with van der Waals surface area (Å²) < 4.78 is 2.05. The van der Waals surface area contributed by atoms with E-state index < -0.39 is 0 Å². The number of aryl methyl sites for hydroxylation is 1. The predicted octanol–water partition coefficient (Wildman–Crippen LogP) is 3.54. The molecule has 0 aliphatic carbocycles. The summed E-state index contributed by atoms with van der Waals surface area (Å²) in [5, 5.41) is 5.20. The van der Waals surface area contributed by atoms with Crippen LogP contribution in [0, 0.1) is 6.92 Å². The molecule has 0 radical (unpaired) electrons. The van der Waals surface area contributed by atoms with Crippen LogP contribution in [0.15, 0.2) is 17.0 Å². The lowest BCUT2D eigenvalue weighted by Gasteiger charge is -2.16. The second-order valence-corrected chi connectivity index (χ2v) is 6.49. The molecule has 0 bridgehead atoms. The van der Waals surface area contributed by atoms with Gasteiger partial charge in [0.25, 0.3) is 0 Å². The minimum Gasteiger partial charge on any atom is -0.352 e. The van der Waals surface area contributed by atoms with E-state index >= 15 is 0 Å². The molecule has 3 rings (SSSR count). The third-order valence-electron chi connectivity index (χ3n) is 2.89. The number of aromatic nitrogens is 3. The molecule has 0 atom stereocenters. The number of hydrogen-bond donors (Lipinski definition) is 0. The number of thiazole rings is 2. The van der Waals surface area contributed by atoms with Gasteiger partial charge in [0, 0.05) is 24.0 Å². The Morgan fingerprint density at radius 1 is 1.37 bits per heavy atom. The van der Waals surface area contributed by atoms with Crippen LogP contribution in [-0.4, -0.2) is 21.4 Å². The van der Waals surface area contributed by atoms with Gasteiger partial charge in [-0.05, 0) is 6.92 Å². The van der Waals surface area contributed by atoms with E-state index in [0.717, 1.165) is 33.7 Å². The van der Waals surface area contributed by atoms with Crippen molar-refractivity contribution in [3.63, 3.8) is 0 Å². The maximum Gasteiger partial charge on any atom is 0.195 e. The van der Waals surface area contributed by atoms with Gasteiger partial charge >= 0.3 is 0 Å². The van der Waals surface area contributed by atoms with Crippen molar-refractivity contribution in [2.24, 2.45) is 0 Å². The molecule has 3 heterocycles. The van der Waals surface area contributed by atoms with Gasteiger partial charge in [-0.3, -0.25) is 4.40 Å². The van der Waals surface area contributed by atoms with Crippen molar-refractivity contribution in [2.45, 2.75) is 19.3 Å². The SMILES string of the molecule is Cc1nc(CN(C)c2nc3sccn3c2CCl)cs1. The Bertz CT molecular complexity index is 700. The van der Waals surface area contributed by atoms with E-state index in [4.69, 9.17) is 11.6 Å². The maximum atomic E-state index is 6.06. The minimum absolute atomic E-state index is 0.452. The molecule has 100 valence electrons. The molecule has 0 N–H and O–H groups in total. The number of nitrogens with zero attached hydrogens (tertiary/aromatic N) is 4. The molecule has 0 amide bonds. The van der Waals surface area contributed by atoms with Crippen molar-refractivity contribution >= 4 is 45.1 Å². The molecular formula is C12H13ClN4S2. The van der Waals surface area contributed by atoms with E-state index in [0.29, 0.717) is 5.88 Å². The Morgan fingerprint density at radius 3 is 2.89 bits per heavy atom. The summed E-state index contributed by atoms with van der Waals surface area (Å²) in [6, 6.07) is 0. The van der Waals surface area contributed by atoms with Crippen molar-refractivity contribution in [1.82, 2.24) is 14.4 Å². The normalized spacial score (nSPS) is 11.3. The molecule has 7 heteroatoms. The standard InChI is InChI=1S/C12H13ClN4S2/c1-8-14-9(7-19-8)6-16(2)11-10(5-13)17-3-4-18-12(17)15-11/h3-4,7H,5-6H2,1-2H3. The second kappa shape index (κ2) is 5.11. The number of anilines is 1. The largest absolute Gasteiger partial charge is 0.352 e. The van der Waals surface area contributed by atoms with Gasteiger partial charge in [0.15, 0.2) is 10.8 Å². The first-order valence-corrected chi connectivity index (χ1v) is 8.11. The molecule has 0 fully saturated rings. The van der Waals surface area contributed by atoms with Crippen LogP contribution in [0.1, 0.15) is 16.4 Å². The van der Waals surface area contributed by atoms with Crippen LogP contribution in [-0.2, 0) is 12.4 Å². The summed E-state index contributed by atoms with van der Waals surface area (Å²) in [6.45, 7) is 2.77. The third-order valence-corrected chi connectivity index (χ3v) is 4.73. The minimum atomic E-state index is 0.452. The van der Waals surface area contributed by atoms with Crippen molar-refractivity contribution in [3.05, 3.63) is 33.4 Å². The monoisotopic (exact) mass is 312 g/mol. The van der Waals surface area contributed by atoms with E-state index in [-0.39, 0.29) is 0 Å². The second-order valence-electron chi connectivity index (χ2n) is 4.29.